The molecule has 1 saturated heterocycles. The van der Waals surface area contributed by atoms with Gasteiger partial charge < -0.3 is 26.2 Å². The summed E-state index contributed by atoms with van der Waals surface area (Å²) < 4.78 is 0. The van der Waals surface area contributed by atoms with Crippen LogP contribution in [0.25, 0.3) is 10.8 Å². The van der Waals surface area contributed by atoms with Crippen LogP contribution in [-0.2, 0) is 36.1 Å². The highest BCUT2D eigenvalue weighted by Gasteiger charge is 2.69. The number of carbonyl (C=O) groups excluding carboxylic acids is 4. The van der Waals surface area contributed by atoms with Gasteiger partial charge in [-0.05, 0) is 53.9 Å². The molecule has 0 radical (unpaired) electrons. The van der Waals surface area contributed by atoms with Gasteiger partial charge in [-0.15, -0.1) is 0 Å². The van der Waals surface area contributed by atoms with E-state index in [1.165, 1.54) is 36.1 Å². The Morgan fingerprint density at radius 1 is 0.942 bits per heavy atom. The lowest BCUT2D eigenvalue weighted by atomic mass is 9.88. The van der Waals surface area contributed by atoms with Crippen molar-refractivity contribution in [2.75, 3.05) is 18.0 Å². The van der Waals surface area contributed by atoms with E-state index < -0.39 is 59.2 Å². The minimum absolute atomic E-state index is 0.205. The Balaban J connectivity index is 1.56. The molecular weight excluding hydrogens is 668 g/mol. The minimum atomic E-state index is -3.33. The van der Waals surface area contributed by atoms with Gasteiger partial charge in [0.2, 0.25) is 5.91 Å². The number of anilines is 1. The smallest absolute Gasteiger partial charge is 0.360 e. The minimum Gasteiger partial charge on any atom is -0.481 e. The molecular formula is C38H36N6O8. The molecule has 52 heavy (non-hydrogen) atoms. The zero-order valence-corrected chi connectivity index (χ0v) is 28.4. The summed E-state index contributed by atoms with van der Waals surface area (Å²) in [5.41, 5.74) is 2.16. The molecule has 2 heterocycles. The fourth-order valence-corrected chi connectivity index (χ4v) is 6.83. The van der Waals surface area contributed by atoms with Crippen molar-refractivity contribution >= 4 is 57.9 Å². The Kier molecular flexibility index (Phi) is 9.34. The van der Waals surface area contributed by atoms with Crippen molar-refractivity contribution in [3.8, 4) is 0 Å². The monoisotopic (exact) mass is 704 g/mol. The van der Waals surface area contributed by atoms with Gasteiger partial charge in [-0.25, -0.2) is 14.5 Å². The second-order valence-corrected chi connectivity index (χ2v) is 12.7. The number of nitrogens with two attached hydrogens (primary N) is 1. The number of urea groups is 1. The number of hydrogen-bond donors (Lipinski definition) is 4. The van der Waals surface area contributed by atoms with Gasteiger partial charge in [0.1, 0.15) is 11.4 Å². The number of rotatable bonds is 12. The van der Waals surface area contributed by atoms with Crippen LogP contribution in [0.1, 0.15) is 37.0 Å². The number of nitrogens with one attached hydrogen (secondary N) is 1. The number of imide groups is 1. The summed E-state index contributed by atoms with van der Waals surface area (Å²) in [7, 11) is 0. The number of Topliss-reactive ketones (excluding diaryl/α,β-unsaturated/α-hetero) is 1. The first-order valence-electron chi connectivity index (χ1n) is 16.5. The van der Waals surface area contributed by atoms with Crippen molar-refractivity contribution in [2.45, 2.75) is 44.1 Å². The van der Waals surface area contributed by atoms with Gasteiger partial charge in [0.05, 0.1) is 19.0 Å². The number of para-hydroxylation sites is 1. The van der Waals surface area contributed by atoms with Crippen LogP contribution in [0.15, 0.2) is 102 Å². The zero-order valence-electron chi connectivity index (χ0n) is 28.4. The molecule has 1 fully saturated rings. The highest BCUT2D eigenvalue weighted by atomic mass is 16.4. The van der Waals surface area contributed by atoms with Crippen LogP contribution in [0.3, 0.4) is 0 Å². The zero-order chi connectivity index (χ0) is 37.4. The van der Waals surface area contributed by atoms with Crippen LogP contribution in [0.4, 0.5) is 10.5 Å². The van der Waals surface area contributed by atoms with E-state index in [-0.39, 0.29) is 12.2 Å². The van der Waals surface area contributed by atoms with E-state index in [1.807, 2.05) is 36.4 Å². The van der Waals surface area contributed by atoms with Crippen LogP contribution in [-0.4, -0.2) is 86.2 Å². The molecule has 5 N–H and O–H groups in total. The lowest BCUT2D eigenvalue weighted by molar-refractivity contribution is -0.162. The average Bonchev–Trinajstić information content (AvgIpc) is 3.73. The number of aliphatic imine (C=N–C) groups is 1. The first-order valence-corrected chi connectivity index (χ1v) is 16.5. The van der Waals surface area contributed by atoms with Crippen LogP contribution in [0, 0.1) is 0 Å². The first kappa shape index (κ1) is 35.4. The molecule has 266 valence electrons. The molecule has 14 nitrogen and oxygen atoms in total. The number of amides is 4. The number of fused-ring (bicyclic) bond motifs is 1. The summed E-state index contributed by atoms with van der Waals surface area (Å²) in [5.74, 6) is -6.55. The van der Waals surface area contributed by atoms with Gasteiger partial charge in [-0.1, -0.05) is 78.9 Å². The molecule has 4 aromatic carbocycles. The maximum Gasteiger partial charge on any atom is 0.360 e. The van der Waals surface area contributed by atoms with Crippen molar-refractivity contribution in [3.63, 3.8) is 0 Å². The van der Waals surface area contributed by atoms with E-state index in [2.05, 4.69) is 10.3 Å². The summed E-state index contributed by atoms with van der Waals surface area (Å²) in [6.07, 6.45) is -0.935. The third-order valence-electron chi connectivity index (χ3n) is 9.51. The Hall–Kier alpha value is -6.41. The van der Waals surface area contributed by atoms with E-state index in [0.29, 0.717) is 39.9 Å². The summed E-state index contributed by atoms with van der Waals surface area (Å²) in [6, 6.07) is 23.7. The summed E-state index contributed by atoms with van der Waals surface area (Å²) >= 11 is 0. The third kappa shape index (κ3) is 5.82. The highest BCUT2D eigenvalue weighted by molar-refractivity contribution is 6.24. The molecule has 0 unspecified atom stereocenters. The maximum absolute atomic E-state index is 15.1. The molecule has 4 amide bonds. The second kappa shape index (κ2) is 13.7. The number of benzene rings is 4. The van der Waals surface area contributed by atoms with Gasteiger partial charge in [0, 0.05) is 24.3 Å². The summed E-state index contributed by atoms with van der Waals surface area (Å²) in [5, 5.41) is 25.5. The fraction of sp³-hybridized carbons (Fsp3) is 0.237. The molecule has 0 bridgehead atoms. The van der Waals surface area contributed by atoms with Crippen molar-refractivity contribution in [2.24, 2.45) is 10.7 Å². The maximum atomic E-state index is 15.1. The Morgan fingerprint density at radius 3 is 2.19 bits per heavy atom. The van der Waals surface area contributed by atoms with Crippen LogP contribution in [0.5, 0.6) is 0 Å². The molecule has 3 atom stereocenters. The predicted molar refractivity (Wildman–Crippen MR) is 190 cm³/mol. The molecule has 0 aliphatic carbocycles. The lowest BCUT2D eigenvalue weighted by Gasteiger charge is -2.43. The molecule has 0 saturated carbocycles. The van der Waals surface area contributed by atoms with Gasteiger partial charge in [0.25, 0.3) is 11.6 Å². The Morgan fingerprint density at radius 2 is 1.60 bits per heavy atom. The van der Waals surface area contributed by atoms with Crippen molar-refractivity contribution in [1.29, 1.82) is 0 Å². The van der Waals surface area contributed by atoms with Gasteiger partial charge >= 0.3 is 18.0 Å². The third-order valence-corrected chi connectivity index (χ3v) is 9.51. The number of amidine groups is 1. The molecule has 0 aromatic heterocycles. The normalized spacial score (nSPS) is 18.8. The van der Waals surface area contributed by atoms with E-state index in [9.17, 15) is 34.2 Å². The van der Waals surface area contributed by atoms with Crippen LogP contribution < -0.4 is 16.0 Å². The number of carbonyl (C=O) groups is 6. The molecule has 6 rings (SSSR count). The Bertz CT molecular complexity index is 2120. The van der Waals surface area contributed by atoms with Crippen molar-refractivity contribution < 1.29 is 39.0 Å². The van der Waals surface area contributed by atoms with Crippen molar-refractivity contribution in [3.05, 3.63) is 114 Å². The molecule has 14 heteroatoms. The second-order valence-electron chi connectivity index (χ2n) is 12.7. The van der Waals surface area contributed by atoms with E-state index in [4.69, 9.17) is 5.73 Å². The number of aliphatic carboxylic acids is 2. The molecule has 4 aromatic rings. The average molecular weight is 705 g/mol. The lowest BCUT2D eigenvalue weighted by Crippen LogP contribution is -2.74. The van der Waals surface area contributed by atoms with Gasteiger partial charge in [-0.3, -0.25) is 29.1 Å². The number of hydrogen-bond acceptors (Lipinski definition) is 9. The molecule has 0 spiro atoms. The quantitative estimate of drug-likeness (QED) is 0.125. The number of nitrogens with zero attached hydrogens (tertiary/aromatic N) is 4. The van der Waals surface area contributed by atoms with Gasteiger partial charge in [-0.2, -0.15) is 0 Å². The summed E-state index contributed by atoms with van der Waals surface area (Å²) in [6.45, 7) is 3.33. The SMILES string of the molecule is CC(=O)[C@@](C(=O)O)(N1C(=O)N(Cc2ccc3ccccc3c2)[C@](C)(c2ccc(C3=NCCN3)cc2)C1=O)N(C(=O)[C@@H](N)CC(=O)O)c1ccccc1. The van der Waals surface area contributed by atoms with E-state index >= 15 is 4.79 Å². The number of ketones is 1. The number of carboxylic acids is 2. The first-order chi connectivity index (χ1) is 24.8. The standard InChI is InChI=1S/C38H36N6O8/c1-23(45)38(35(50)51,43(29-10-4-3-5-11-29)33(48)30(39)21-31(46)47)44-34(49)37(2,28-16-14-26(15-17-28)32-40-18-19-41-32)42(36(44)52)22-24-12-13-25-8-6-7-9-27(25)20-24/h3-17,20,30H,18-19,21-22,39H2,1-2H3,(H,40,41)(H,46,47)(H,50,51)/t30-,37+,38-/m0/s1. The van der Waals surface area contributed by atoms with Crippen LogP contribution in [0.2, 0.25) is 0 Å². The largest absolute Gasteiger partial charge is 0.481 e. The van der Waals surface area contributed by atoms with Crippen LogP contribution >= 0.6 is 0 Å². The Labute approximate surface area is 298 Å². The molecule has 2 aliphatic heterocycles. The van der Waals surface area contributed by atoms with Crippen molar-refractivity contribution in [1.82, 2.24) is 15.1 Å². The highest BCUT2D eigenvalue weighted by Crippen LogP contribution is 2.44. The van der Waals surface area contributed by atoms with Gasteiger partial charge in [0.15, 0.2) is 5.78 Å². The topological polar surface area (TPSA) is 203 Å². The van der Waals surface area contributed by atoms with E-state index in [1.54, 1.807) is 36.4 Å². The van der Waals surface area contributed by atoms with E-state index in [0.717, 1.165) is 23.3 Å². The number of carboxylic acid groups (broad SMARTS) is 2. The predicted octanol–water partition coefficient (Wildman–Crippen LogP) is 3.07. The molecule has 2 aliphatic rings. The fourth-order valence-electron chi connectivity index (χ4n) is 6.83. The summed E-state index contributed by atoms with van der Waals surface area (Å²) in [4.78, 5) is 89.8.